The second-order valence-electron chi connectivity index (χ2n) is 3.48. The molecule has 0 heterocycles. The van der Waals surface area contributed by atoms with Crippen molar-refractivity contribution in [3.05, 3.63) is 36.1 Å². The molecule has 2 aromatic rings. The molecule has 4 heteroatoms. The van der Waals surface area contributed by atoms with Crippen molar-refractivity contribution < 1.29 is 14.3 Å². The van der Waals surface area contributed by atoms with Crippen molar-refractivity contribution in [3.8, 4) is 5.75 Å². The molecule has 0 unspecified atom stereocenters. The van der Waals surface area contributed by atoms with Crippen LogP contribution in [0.5, 0.6) is 5.75 Å². The third-order valence-electron chi connectivity index (χ3n) is 2.28. The van der Waals surface area contributed by atoms with Gasteiger partial charge in [-0.1, -0.05) is 24.3 Å². The van der Waals surface area contributed by atoms with Crippen molar-refractivity contribution in [2.75, 3.05) is 5.32 Å². The largest absolute Gasteiger partial charge is 0.504 e. The number of nitrogens with one attached hydrogen (secondary N) is 1. The van der Waals surface area contributed by atoms with Crippen molar-refractivity contribution in [3.63, 3.8) is 0 Å². The van der Waals surface area contributed by atoms with Gasteiger partial charge < -0.3 is 10.4 Å². The van der Waals surface area contributed by atoms with Crippen LogP contribution < -0.4 is 5.32 Å². The minimum atomic E-state index is -0.748. The Morgan fingerprint density at radius 2 is 1.94 bits per heavy atom. The summed E-state index contributed by atoms with van der Waals surface area (Å²) in [4.78, 5) is 11.0. The van der Waals surface area contributed by atoms with Crippen LogP contribution >= 0.6 is 0 Å². The number of rotatable bonds is 1. The standard InChI is InChI=1S/C12H10FNO2/c1-7(15)14-11-6-10(13)12(16)9-5-3-2-4-8(9)11/h2-6,16H,1H3,(H,14,15). The maximum absolute atomic E-state index is 13.4. The lowest BCUT2D eigenvalue weighted by atomic mass is 10.1. The molecule has 2 N–H and O–H groups in total. The van der Waals surface area contributed by atoms with Gasteiger partial charge in [-0.05, 0) is 0 Å². The Hall–Kier alpha value is -2.10. The summed E-state index contributed by atoms with van der Waals surface area (Å²) in [6.07, 6.45) is 0. The first-order chi connectivity index (χ1) is 7.59. The highest BCUT2D eigenvalue weighted by Gasteiger charge is 2.11. The van der Waals surface area contributed by atoms with Gasteiger partial charge in [0.15, 0.2) is 11.6 Å². The molecule has 0 bridgehead atoms. The third kappa shape index (κ3) is 1.69. The average Bonchev–Trinajstić information content (AvgIpc) is 2.25. The molecule has 0 aliphatic heterocycles. The topological polar surface area (TPSA) is 49.3 Å². The second kappa shape index (κ2) is 3.81. The number of fused-ring (bicyclic) bond motifs is 1. The van der Waals surface area contributed by atoms with E-state index in [2.05, 4.69) is 5.32 Å². The smallest absolute Gasteiger partial charge is 0.221 e. The van der Waals surface area contributed by atoms with Gasteiger partial charge in [0.1, 0.15) is 0 Å². The highest BCUT2D eigenvalue weighted by atomic mass is 19.1. The predicted octanol–water partition coefficient (Wildman–Crippen LogP) is 2.64. The summed E-state index contributed by atoms with van der Waals surface area (Å²) in [6, 6.07) is 7.86. The van der Waals surface area contributed by atoms with E-state index in [0.717, 1.165) is 6.07 Å². The van der Waals surface area contributed by atoms with Crippen LogP contribution in [0.2, 0.25) is 0 Å². The van der Waals surface area contributed by atoms with Crippen molar-refractivity contribution in [1.82, 2.24) is 0 Å². The van der Waals surface area contributed by atoms with E-state index in [0.29, 0.717) is 16.5 Å². The number of hydrogen-bond donors (Lipinski definition) is 2. The van der Waals surface area contributed by atoms with Crippen molar-refractivity contribution in [1.29, 1.82) is 0 Å². The fraction of sp³-hybridized carbons (Fsp3) is 0.0833. The maximum atomic E-state index is 13.4. The number of benzene rings is 2. The molecule has 0 aliphatic carbocycles. The van der Waals surface area contributed by atoms with Gasteiger partial charge in [-0.15, -0.1) is 0 Å². The number of anilines is 1. The minimum absolute atomic E-state index is 0.282. The maximum Gasteiger partial charge on any atom is 0.221 e. The Labute approximate surface area is 91.5 Å². The van der Waals surface area contributed by atoms with Gasteiger partial charge in [-0.2, -0.15) is 0 Å². The van der Waals surface area contributed by atoms with E-state index < -0.39 is 11.6 Å². The normalized spacial score (nSPS) is 10.4. The Kier molecular flexibility index (Phi) is 2.48. The molecule has 0 radical (unpaired) electrons. The Bertz CT molecular complexity index is 566. The number of aromatic hydroxyl groups is 1. The van der Waals surface area contributed by atoms with Crippen LogP contribution in [0, 0.1) is 5.82 Å². The number of carbonyl (C=O) groups excluding carboxylic acids is 1. The fourth-order valence-electron chi connectivity index (χ4n) is 1.62. The van der Waals surface area contributed by atoms with Gasteiger partial charge in [0, 0.05) is 23.8 Å². The third-order valence-corrected chi connectivity index (χ3v) is 2.28. The van der Waals surface area contributed by atoms with E-state index in [-0.39, 0.29) is 5.91 Å². The molecule has 2 aromatic carbocycles. The molecule has 2 rings (SSSR count). The summed E-state index contributed by atoms with van der Waals surface area (Å²) >= 11 is 0. The zero-order valence-corrected chi connectivity index (χ0v) is 8.62. The zero-order valence-electron chi connectivity index (χ0n) is 8.62. The first kappa shape index (κ1) is 10.4. The number of carbonyl (C=O) groups is 1. The first-order valence-corrected chi connectivity index (χ1v) is 4.77. The molecule has 16 heavy (non-hydrogen) atoms. The summed E-state index contributed by atoms with van der Waals surface area (Å²) in [5.74, 6) is -1.43. The van der Waals surface area contributed by atoms with Crippen molar-refractivity contribution >= 4 is 22.4 Å². The molecule has 0 saturated carbocycles. The second-order valence-corrected chi connectivity index (χ2v) is 3.48. The summed E-state index contributed by atoms with van der Waals surface area (Å²) in [6.45, 7) is 1.35. The minimum Gasteiger partial charge on any atom is -0.504 e. The highest BCUT2D eigenvalue weighted by molar-refractivity contribution is 6.03. The van der Waals surface area contributed by atoms with Crippen molar-refractivity contribution in [2.45, 2.75) is 6.92 Å². The van der Waals surface area contributed by atoms with E-state index >= 15 is 0 Å². The number of phenolic OH excluding ortho intramolecular Hbond substituents is 1. The molecule has 0 aliphatic rings. The Morgan fingerprint density at radius 1 is 1.31 bits per heavy atom. The summed E-state index contributed by atoms with van der Waals surface area (Å²) < 4.78 is 13.4. The van der Waals surface area contributed by atoms with Crippen LogP contribution in [-0.2, 0) is 4.79 Å². The molecular weight excluding hydrogens is 209 g/mol. The molecule has 3 nitrogen and oxygen atoms in total. The molecule has 0 atom stereocenters. The molecule has 0 aromatic heterocycles. The quantitative estimate of drug-likeness (QED) is 0.724. The molecule has 82 valence electrons. The Balaban J connectivity index is 2.74. The van der Waals surface area contributed by atoms with Crippen LogP contribution in [0.15, 0.2) is 30.3 Å². The summed E-state index contributed by atoms with van der Waals surface area (Å²) in [7, 11) is 0. The van der Waals surface area contributed by atoms with Gasteiger partial charge in [0.25, 0.3) is 0 Å². The predicted molar refractivity (Wildman–Crippen MR) is 59.9 cm³/mol. The SMILES string of the molecule is CC(=O)Nc1cc(F)c(O)c2ccccc12. The molecule has 0 spiro atoms. The van der Waals surface area contributed by atoms with Crippen LogP contribution in [-0.4, -0.2) is 11.0 Å². The number of amides is 1. The van der Waals surface area contributed by atoms with Gasteiger partial charge in [-0.25, -0.2) is 4.39 Å². The van der Waals surface area contributed by atoms with Gasteiger partial charge >= 0.3 is 0 Å². The molecule has 0 saturated heterocycles. The number of halogens is 1. The van der Waals surface area contributed by atoms with Gasteiger partial charge in [-0.3, -0.25) is 4.79 Å². The summed E-state index contributed by atoms with van der Waals surface area (Å²) in [5, 5.41) is 13.0. The number of hydrogen-bond acceptors (Lipinski definition) is 2. The van der Waals surface area contributed by atoms with Gasteiger partial charge in [0.2, 0.25) is 5.91 Å². The lowest BCUT2D eigenvalue weighted by Gasteiger charge is -2.09. The molecule has 1 amide bonds. The highest BCUT2D eigenvalue weighted by Crippen LogP contribution is 2.33. The first-order valence-electron chi connectivity index (χ1n) is 4.77. The van der Waals surface area contributed by atoms with E-state index in [1.54, 1.807) is 24.3 Å². The van der Waals surface area contributed by atoms with E-state index in [1.165, 1.54) is 6.92 Å². The van der Waals surface area contributed by atoms with E-state index in [9.17, 15) is 14.3 Å². The van der Waals surface area contributed by atoms with Crippen LogP contribution in [0.3, 0.4) is 0 Å². The van der Waals surface area contributed by atoms with Gasteiger partial charge in [0.05, 0.1) is 5.69 Å². The Morgan fingerprint density at radius 3 is 2.56 bits per heavy atom. The lowest BCUT2D eigenvalue weighted by molar-refractivity contribution is -0.114. The van der Waals surface area contributed by atoms with Crippen LogP contribution in [0.1, 0.15) is 6.92 Å². The zero-order chi connectivity index (χ0) is 11.7. The molecule has 0 fully saturated rings. The average molecular weight is 219 g/mol. The van der Waals surface area contributed by atoms with E-state index in [4.69, 9.17) is 0 Å². The summed E-state index contributed by atoms with van der Waals surface area (Å²) in [5.41, 5.74) is 0.360. The van der Waals surface area contributed by atoms with Crippen molar-refractivity contribution in [2.24, 2.45) is 0 Å². The number of phenols is 1. The monoisotopic (exact) mass is 219 g/mol. The lowest BCUT2D eigenvalue weighted by Crippen LogP contribution is -2.06. The fourth-order valence-corrected chi connectivity index (χ4v) is 1.62. The van der Waals surface area contributed by atoms with E-state index in [1.807, 2.05) is 0 Å². The van der Waals surface area contributed by atoms with Crippen LogP contribution in [0.4, 0.5) is 10.1 Å². The van der Waals surface area contributed by atoms with Crippen LogP contribution in [0.25, 0.3) is 10.8 Å². The molecular formula is C12H10FNO2.